The molecule has 0 N–H and O–H groups in total. The summed E-state index contributed by atoms with van der Waals surface area (Å²) >= 11 is 7.06. The van der Waals surface area contributed by atoms with Crippen LogP contribution < -0.4 is 0 Å². The highest BCUT2D eigenvalue weighted by Crippen LogP contribution is 2.42. The highest BCUT2D eigenvalue weighted by Gasteiger charge is 2.23. The quantitative estimate of drug-likeness (QED) is 0.634. The molecule has 118 valence electrons. The number of hydrogen-bond donors (Lipinski definition) is 0. The van der Waals surface area contributed by atoms with Crippen molar-refractivity contribution in [1.82, 2.24) is 9.78 Å². The number of nitrogens with zero attached hydrogens (tertiary/aromatic N) is 2. The average molecular weight is 355 g/mol. The van der Waals surface area contributed by atoms with Gasteiger partial charge in [0.15, 0.2) is 5.15 Å². The van der Waals surface area contributed by atoms with Gasteiger partial charge in [0.25, 0.3) is 0 Å². The summed E-state index contributed by atoms with van der Waals surface area (Å²) < 4.78 is 43.4. The van der Waals surface area contributed by atoms with Gasteiger partial charge in [-0.1, -0.05) is 41.6 Å². The Bertz CT molecular complexity index is 860. The molecule has 0 saturated heterocycles. The molecule has 23 heavy (non-hydrogen) atoms. The second-order valence-electron chi connectivity index (χ2n) is 4.72. The van der Waals surface area contributed by atoms with Gasteiger partial charge in [0.1, 0.15) is 17.5 Å². The zero-order valence-corrected chi connectivity index (χ0v) is 13.4. The number of aryl methyl sites for hydroxylation is 1. The van der Waals surface area contributed by atoms with Crippen LogP contribution in [0.3, 0.4) is 0 Å². The fourth-order valence-corrected chi connectivity index (χ4v) is 3.51. The molecule has 0 aliphatic carbocycles. The van der Waals surface area contributed by atoms with E-state index in [0.717, 1.165) is 23.9 Å². The molecule has 0 spiro atoms. The first-order valence-corrected chi connectivity index (χ1v) is 7.77. The van der Waals surface area contributed by atoms with E-state index in [0.29, 0.717) is 9.79 Å². The molecule has 0 saturated carbocycles. The second-order valence-corrected chi connectivity index (χ2v) is 6.13. The maximum atomic E-state index is 14.1. The summed E-state index contributed by atoms with van der Waals surface area (Å²) in [4.78, 5) is 0.587. The Morgan fingerprint density at radius 3 is 2.22 bits per heavy atom. The molecule has 3 rings (SSSR count). The largest absolute Gasteiger partial charge is 0.265 e. The molecule has 3 aromatic rings. The molecule has 0 aliphatic heterocycles. The van der Waals surface area contributed by atoms with Gasteiger partial charge >= 0.3 is 0 Å². The Kier molecular flexibility index (Phi) is 4.37. The van der Waals surface area contributed by atoms with Crippen molar-refractivity contribution in [1.29, 1.82) is 0 Å². The molecule has 0 fully saturated rings. The topological polar surface area (TPSA) is 17.8 Å². The maximum Gasteiger partial charge on any atom is 0.165 e. The third kappa shape index (κ3) is 2.96. The summed E-state index contributed by atoms with van der Waals surface area (Å²) in [5.41, 5.74) is -0.0768. The molecular weight excluding hydrogens is 345 g/mol. The van der Waals surface area contributed by atoms with Crippen LogP contribution in [0.4, 0.5) is 13.2 Å². The van der Waals surface area contributed by atoms with Gasteiger partial charge in [-0.3, -0.25) is 4.68 Å². The van der Waals surface area contributed by atoms with Gasteiger partial charge in [0.2, 0.25) is 0 Å². The lowest BCUT2D eigenvalue weighted by Gasteiger charge is -2.09. The first kappa shape index (κ1) is 16.0. The van der Waals surface area contributed by atoms with Gasteiger partial charge in [-0.15, -0.1) is 0 Å². The number of aromatic nitrogens is 2. The standard InChI is InChI=1S/C16H10ClF3N2S/c1-22-14(13-10(19)6-4-7-11(13)20)15(16(17)21-22)23-12-8-3-2-5-9(12)18/h2-8H,1H3. The van der Waals surface area contributed by atoms with Crippen LogP contribution in [0, 0.1) is 17.5 Å². The summed E-state index contributed by atoms with van der Waals surface area (Å²) in [6.45, 7) is 0. The van der Waals surface area contributed by atoms with Crippen molar-refractivity contribution in [3.8, 4) is 11.3 Å². The lowest BCUT2D eigenvalue weighted by molar-refractivity contribution is 0.584. The minimum Gasteiger partial charge on any atom is -0.265 e. The predicted octanol–water partition coefficient (Wildman–Crippen LogP) is 5.31. The van der Waals surface area contributed by atoms with Gasteiger partial charge in [-0.05, 0) is 24.3 Å². The monoisotopic (exact) mass is 354 g/mol. The summed E-state index contributed by atoms with van der Waals surface area (Å²) in [5, 5.41) is 4.06. The van der Waals surface area contributed by atoms with Crippen molar-refractivity contribution in [2.45, 2.75) is 9.79 Å². The Morgan fingerprint density at radius 2 is 1.57 bits per heavy atom. The molecule has 0 radical (unpaired) electrons. The van der Waals surface area contributed by atoms with E-state index in [9.17, 15) is 13.2 Å². The van der Waals surface area contributed by atoms with Crippen LogP contribution in [-0.4, -0.2) is 9.78 Å². The minimum atomic E-state index is -0.736. The average Bonchev–Trinajstić information content (AvgIpc) is 2.76. The van der Waals surface area contributed by atoms with Crippen molar-refractivity contribution < 1.29 is 13.2 Å². The molecule has 2 aromatic carbocycles. The summed E-state index contributed by atoms with van der Waals surface area (Å²) in [6.07, 6.45) is 0. The minimum absolute atomic E-state index is 0.0541. The number of halogens is 4. The van der Waals surface area contributed by atoms with Crippen molar-refractivity contribution in [2.24, 2.45) is 7.05 Å². The zero-order chi connectivity index (χ0) is 16.6. The van der Waals surface area contributed by atoms with Gasteiger partial charge in [-0.25, -0.2) is 13.2 Å². The third-order valence-corrected chi connectivity index (χ3v) is 4.73. The summed E-state index contributed by atoms with van der Waals surface area (Å²) in [6, 6.07) is 9.66. The van der Waals surface area contributed by atoms with Crippen LogP contribution in [0.1, 0.15) is 0 Å². The molecule has 1 aromatic heterocycles. The van der Waals surface area contributed by atoms with E-state index in [4.69, 9.17) is 11.6 Å². The Morgan fingerprint density at radius 1 is 0.957 bits per heavy atom. The van der Waals surface area contributed by atoms with Crippen LogP contribution in [0.25, 0.3) is 11.3 Å². The van der Waals surface area contributed by atoms with E-state index >= 15 is 0 Å². The highest BCUT2D eigenvalue weighted by molar-refractivity contribution is 7.99. The third-order valence-electron chi connectivity index (χ3n) is 3.21. The van der Waals surface area contributed by atoms with E-state index in [-0.39, 0.29) is 16.4 Å². The van der Waals surface area contributed by atoms with Crippen LogP contribution in [0.15, 0.2) is 52.3 Å². The molecule has 0 aliphatic rings. The fourth-order valence-electron chi connectivity index (χ4n) is 2.20. The Balaban J connectivity index is 2.18. The second kappa shape index (κ2) is 6.29. The van der Waals surface area contributed by atoms with Crippen LogP contribution >= 0.6 is 23.4 Å². The van der Waals surface area contributed by atoms with Gasteiger partial charge in [-0.2, -0.15) is 5.10 Å². The van der Waals surface area contributed by atoms with Crippen LogP contribution in [0.5, 0.6) is 0 Å². The van der Waals surface area contributed by atoms with E-state index in [1.54, 1.807) is 18.2 Å². The molecule has 1 heterocycles. The molecular formula is C16H10ClF3N2S. The molecule has 0 atom stereocenters. The predicted molar refractivity (Wildman–Crippen MR) is 84.1 cm³/mol. The van der Waals surface area contributed by atoms with E-state index < -0.39 is 17.5 Å². The van der Waals surface area contributed by atoms with Crippen LogP contribution in [-0.2, 0) is 7.05 Å². The van der Waals surface area contributed by atoms with Crippen molar-refractivity contribution in [3.05, 3.63) is 65.1 Å². The smallest absolute Gasteiger partial charge is 0.165 e. The fraction of sp³-hybridized carbons (Fsp3) is 0.0625. The first-order valence-electron chi connectivity index (χ1n) is 6.58. The number of hydrogen-bond acceptors (Lipinski definition) is 2. The Labute approximate surface area is 139 Å². The molecule has 0 unspecified atom stereocenters. The van der Waals surface area contributed by atoms with Crippen molar-refractivity contribution in [2.75, 3.05) is 0 Å². The van der Waals surface area contributed by atoms with Crippen LogP contribution in [0.2, 0.25) is 5.15 Å². The van der Waals surface area contributed by atoms with Crippen molar-refractivity contribution >= 4 is 23.4 Å². The van der Waals surface area contributed by atoms with Gasteiger partial charge in [0, 0.05) is 11.9 Å². The van der Waals surface area contributed by atoms with E-state index in [1.807, 2.05) is 0 Å². The number of benzene rings is 2. The summed E-state index contributed by atoms with van der Waals surface area (Å²) in [7, 11) is 1.53. The summed E-state index contributed by atoms with van der Waals surface area (Å²) in [5.74, 6) is -1.92. The normalized spacial score (nSPS) is 11.0. The van der Waals surface area contributed by atoms with Crippen molar-refractivity contribution in [3.63, 3.8) is 0 Å². The zero-order valence-electron chi connectivity index (χ0n) is 11.9. The highest BCUT2D eigenvalue weighted by atomic mass is 35.5. The number of rotatable bonds is 3. The lowest BCUT2D eigenvalue weighted by atomic mass is 10.1. The van der Waals surface area contributed by atoms with E-state index in [1.165, 1.54) is 23.9 Å². The molecule has 7 heteroatoms. The first-order chi connectivity index (χ1) is 11.0. The van der Waals surface area contributed by atoms with E-state index in [2.05, 4.69) is 5.10 Å². The van der Waals surface area contributed by atoms with Gasteiger partial charge < -0.3 is 0 Å². The van der Waals surface area contributed by atoms with Gasteiger partial charge in [0.05, 0.1) is 16.2 Å². The lowest BCUT2D eigenvalue weighted by Crippen LogP contribution is -1.99. The molecule has 2 nitrogen and oxygen atoms in total. The molecule has 0 amide bonds. The molecule has 0 bridgehead atoms. The maximum absolute atomic E-state index is 14.1. The SMILES string of the molecule is Cn1nc(Cl)c(Sc2ccccc2F)c1-c1c(F)cccc1F. The Hall–Kier alpha value is -1.92.